The minimum absolute atomic E-state index is 0.0146. The van der Waals surface area contributed by atoms with Crippen LogP contribution in [0.3, 0.4) is 0 Å². The average molecular weight is 348 g/mol. The van der Waals surface area contributed by atoms with Crippen LogP contribution in [0, 0.1) is 11.8 Å². The lowest BCUT2D eigenvalue weighted by Gasteiger charge is -2.51. The van der Waals surface area contributed by atoms with E-state index >= 15 is 0 Å². The van der Waals surface area contributed by atoms with Crippen molar-refractivity contribution in [3.8, 4) is 0 Å². The lowest BCUT2D eigenvalue weighted by atomic mass is 9.82. The topological polar surface area (TPSA) is 57.3 Å². The van der Waals surface area contributed by atoms with E-state index in [1.807, 2.05) is 13.8 Å². The van der Waals surface area contributed by atoms with Crippen LogP contribution >= 0.6 is 0 Å². The Hall–Kier alpha value is -1.43. The fraction of sp³-hybridized carbons (Fsp3) is 0.650. The predicted molar refractivity (Wildman–Crippen MR) is 93.8 cm³/mol. The van der Waals surface area contributed by atoms with E-state index in [2.05, 4.69) is 32.1 Å². The maximum atomic E-state index is 11.4. The van der Waals surface area contributed by atoms with Gasteiger partial charge in [-0.15, -0.1) is 0 Å². The molecule has 25 heavy (non-hydrogen) atoms. The van der Waals surface area contributed by atoms with E-state index in [-0.39, 0.29) is 30.0 Å². The number of ether oxygens (including phenoxy) is 4. The molecular formula is C20H28O5. The van der Waals surface area contributed by atoms with Gasteiger partial charge in [-0.1, -0.05) is 37.6 Å². The van der Waals surface area contributed by atoms with E-state index in [1.165, 1.54) is 6.08 Å². The molecule has 1 spiro atoms. The van der Waals surface area contributed by atoms with Gasteiger partial charge < -0.3 is 18.9 Å². The molecule has 0 aromatic heterocycles. The van der Waals surface area contributed by atoms with Gasteiger partial charge in [0.1, 0.15) is 0 Å². The largest absolute Gasteiger partial charge is 0.463 e. The first-order valence-corrected chi connectivity index (χ1v) is 9.02. The highest BCUT2D eigenvalue weighted by atomic mass is 16.8. The van der Waals surface area contributed by atoms with Gasteiger partial charge in [0.25, 0.3) is 0 Å². The Morgan fingerprint density at radius 2 is 2.12 bits per heavy atom. The molecule has 0 saturated carbocycles. The highest BCUT2D eigenvalue weighted by Crippen LogP contribution is 2.51. The fourth-order valence-corrected chi connectivity index (χ4v) is 3.74. The molecule has 5 nitrogen and oxygen atoms in total. The van der Waals surface area contributed by atoms with Crippen molar-refractivity contribution in [1.29, 1.82) is 0 Å². The summed E-state index contributed by atoms with van der Waals surface area (Å²) in [4.78, 5) is 11.4. The van der Waals surface area contributed by atoms with Crippen LogP contribution in [0.15, 0.2) is 36.0 Å². The zero-order chi connectivity index (χ0) is 18.2. The summed E-state index contributed by atoms with van der Waals surface area (Å²) >= 11 is 0. The summed E-state index contributed by atoms with van der Waals surface area (Å²) in [7, 11) is 0. The van der Waals surface area contributed by atoms with E-state index in [0.29, 0.717) is 13.2 Å². The van der Waals surface area contributed by atoms with Crippen molar-refractivity contribution in [3.63, 3.8) is 0 Å². The molecule has 138 valence electrons. The molecule has 2 bridgehead atoms. The third kappa shape index (κ3) is 3.46. The Kier molecular flexibility index (Phi) is 4.93. The Morgan fingerprint density at radius 1 is 1.40 bits per heavy atom. The molecule has 2 fully saturated rings. The molecule has 6 atom stereocenters. The predicted octanol–water partition coefficient (Wildman–Crippen LogP) is 3.16. The van der Waals surface area contributed by atoms with Crippen molar-refractivity contribution in [2.24, 2.45) is 11.8 Å². The number of carbonyl (C=O) groups excluding carboxylic acids is 1. The molecule has 0 unspecified atom stereocenters. The van der Waals surface area contributed by atoms with E-state index in [1.54, 1.807) is 13.0 Å². The maximum Gasteiger partial charge on any atom is 0.330 e. The third-order valence-corrected chi connectivity index (χ3v) is 5.35. The lowest BCUT2D eigenvalue weighted by Crippen LogP contribution is -2.61. The van der Waals surface area contributed by atoms with Crippen LogP contribution in [0.4, 0.5) is 0 Å². The van der Waals surface area contributed by atoms with Crippen LogP contribution in [0.2, 0.25) is 0 Å². The van der Waals surface area contributed by atoms with E-state index < -0.39 is 11.4 Å². The highest BCUT2D eigenvalue weighted by molar-refractivity contribution is 5.82. The van der Waals surface area contributed by atoms with Crippen molar-refractivity contribution >= 4 is 5.97 Å². The zero-order valence-electron chi connectivity index (χ0n) is 15.7. The van der Waals surface area contributed by atoms with Crippen LogP contribution in [-0.4, -0.2) is 42.8 Å². The Balaban J connectivity index is 1.71. The zero-order valence-corrected chi connectivity index (χ0v) is 15.7. The van der Waals surface area contributed by atoms with Gasteiger partial charge in [-0.05, 0) is 26.8 Å². The van der Waals surface area contributed by atoms with Gasteiger partial charge in [-0.3, -0.25) is 0 Å². The number of allylic oxidation sites excluding steroid dienone is 2. The molecule has 0 radical (unpaired) electrons. The van der Waals surface area contributed by atoms with Gasteiger partial charge in [-0.2, -0.15) is 0 Å². The van der Waals surface area contributed by atoms with Gasteiger partial charge in [0.2, 0.25) is 5.79 Å². The van der Waals surface area contributed by atoms with Crippen molar-refractivity contribution in [2.75, 3.05) is 13.2 Å². The molecule has 3 heterocycles. The standard InChI is InChI=1S/C20H28O5/c1-6-22-17(21)8-7-13(2)11-14(3)18-15(4)16-9-10-20(12-23-20)19(5,24-16)25-18/h7-11,14-16,18H,6,12H2,1-5H3/b8-7+,13-11+/t14-,15+,16-,18-,19-,20-/m1/s1. The monoisotopic (exact) mass is 348 g/mol. The summed E-state index contributed by atoms with van der Waals surface area (Å²) < 4.78 is 23.1. The number of esters is 1. The summed E-state index contributed by atoms with van der Waals surface area (Å²) in [5.74, 6) is -0.651. The minimum Gasteiger partial charge on any atom is -0.463 e. The fourth-order valence-electron chi connectivity index (χ4n) is 3.74. The maximum absolute atomic E-state index is 11.4. The molecule has 3 rings (SSSR count). The molecule has 5 heteroatoms. The summed E-state index contributed by atoms with van der Waals surface area (Å²) in [6.45, 7) is 11.1. The molecule has 3 aliphatic rings. The van der Waals surface area contributed by atoms with Gasteiger partial charge in [-0.25, -0.2) is 4.79 Å². The van der Waals surface area contributed by atoms with Gasteiger partial charge >= 0.3 is 5.97 Å². The van der Waals surface area contributed by atoms with Crippen molar-refractivity contribution < 1.29 is 23.7 Å². The minimum atomic E-state index is -0.736. The number of epoxide rings is 1. The van der Waals surface area contributed by atoms with Crippen molar-refractivity contribution in [3.05, 3.63) is 36.0 Å². The van der Waals surface area contributed by atoms with Crippen LogP contribution in [0.25, 0.3) is 0 Å². The second-order valence-corrected chi connectivity index (χ2v) is 7.36. The SMILES string of the molecule is CCOC(=O)/C=C/C(C)=C/[C@@H](C)[C@H]1O[C@@]2(C)O[C@H](C=C[C@@]23CO3)[C@@H]1C. The highest BCUT2D eigenvalue weighted by Gasteiger charge is 2.65. The molecule has 0 aromatic carbocycles. The van der Waals surface area contributed by atoms with Crippen molar-refractivity contribution in [2.45, 2.75) is 58.2 Å². The number of carbonyl (C=O) groups is 1. The normalized spacial score (nSPS) is 41.2. The first-order valence-electron chi connectivity index (χ1n) is 9.02. The van der Waals surface area contributed by atoms with Gasteiger partial charge in [0, 0.05) is 17.9 Å². The summed E-state index contributed by atoms with van der Waals surface area (Å²) in [6, 6.07) is 0. The third-order valence-electron chi connectivity index (χ3n) is 5.35. The van der Waals surface area contributed by atoms with Crippen LogP contribution in [0.5, 0.6) is 0 Å². The summed E-state index contributed by atoms with van der Waals surface area (Å²) in [6.07, 6.45) is 9.63. The Bertz CT molecular complexity index is 616. The van der Waals surface area contributed by atoms with Crippen LogP contribution in [0.1, 0.15) is 34.6 Å². The Labute approximate surface area is 149 Å². The molecule has 0 N–H and O–H groups in total. The number of rotatable bonds is 5. The second kappa shape index (κ2) is 6.71. The number of hydrogen-bond acceptors (Lipinski definition) is 5. The van der Waals surface area contributed by atoms with Crippen molar-refractivity contribution in [1.82, 2.24) is 0 Å². The molecule has 0 aromatic rings. The first kappa shape index (κ1) is 18.4. The van der Waals surface area contributed by atoms with E-state index in [4.69, 9.17) is 18.9 Å². The van der Waals surface area contributed by atoms with Gasteiger partial charge in [0.15, 0.2) is 5.60 Å². The molecule has 0 aliphatic carbocycles. The van der Waals surface area contributed by atoms with E-state index in [9.17, 15) is 4.79 Å². The first-order chi connectivity index (χ1) is 11.8. The lowest BCUT2D eigenvalue weighted by molar-refractivity contribution is -0.346. The smallest absolute Gasteiger partial charge is 0.330 e. The Morgan fingerprint density at radius 3 is 2.76 bits per heavy atom. The molecule has 0 amide bonds. The van der Waals surface area contributed by atoms with Crippen LogP contribution < -0.4 is 0 Å². The molecule has 2 saturated heterocycles. The second-order valence-electron chi connectivity index (χ2n) is 7.36. The summed E-state index contributed by atoms with van der Waals surface area (Å²) in [5.41, 5.74) is 0.579. The van der Waals surface area contributed by atoms with Crippen LogP contribution in [-0.2, 0) is 23.7 Å². The number of hydrogen-bond donors (Lipinski definition) is 0. The molecule has 3 aliphatic heterocycles. The van der Waals surface area contributed by atoms with Gasteiger partial charge in [0.05, 0.1) is 25.4 Å². The summed E-state index contributed by atoms with van der Waals surface area (Å²) in [5, 5.41) is 0. The quantitative estimate of drug-likeness (QED) is 0.251. The average Bonchev–Trinajstić information content (AvgIpc) is 3.34. The molecular weight excluding hydrogens is 320 g/mol. The van der Waals surface area contributed by atoms with E-state index in [0.717, 1.165) is 5.57 Å². The number of fused-ring (bicyclic) bond motifs is 3.